The molecule has 0 aliphatic heterocycles. The Morgan fingerprint density at radius 2 is 0.750 bits per heavy atom. The second-order valence-corrected chi connectivity index (χ2v) is 13.1. The van der Waals surface area contributed by atoms with E-state index in [0.29, 0.717) is 24.3 Å². The molecular formula is C40H42O4. The zero-order valence-corrected chi connectivity index (χ0v) is 26.4. The van der Waals surface area contributed by atoms with E-state index in [1.165, 1.54) is 11.1 Å². The molecule has 0 heterocycles. The van der Waals surface area contributed by atoms with E-state index in [-0.39, 0.29) is 22.3 Å². The predicted molar refractivity (Wildman–Crippen MR) is 178 cm³/mol. The fourth-order valence-electron chi connectivity index (χ4n) is 6.00. The van der Waals surface area contributed by atoms with Crippen LogP contribution in [0.25, 0.3) is 0 Å². The van der Waals surface area contributed by atoms with E-state index in [1.54, 1.807) is 24.3 Å². The number of phenols is 4. The molecule has 0 aliphatic rings. The fraction of sp³-hybridized carbons (Fsp3) is 0.250. The third-order valence-electron chi connectivity index (χ3n) is 9.19. The quantitative estimate of drug-likeness (QED) is 0.146. The molecule has 5 aromatic carbocycles. The smallest absolute Gasteiger partial charge is 0.122 e. The molecular weight excluding hydrogens is 544 g/mol. The summed E-state index contributed by atoms with van der Waals surface area (Å²) in [6.45, 7) is 12.7. The predicted octanol–water partition coefficient (Wildman–Crippen LogP) is 8.96. The summed E-state index contributed by atoms with van der Waals surface area (Å²) < 4.78 is 0. The molecule has 0 radical (unpaired) electrons. The largest absolute Gasteiger partial charge is 0.508 e. The van der Waals surface area contributed by atoms with Gasteiger partial charge in [-0.25, -0.2) is 0 Å². The first-order valence-corrected chi connectivity index (χ1v) is 15.1. The van der Waals surface area contributed by atoms with E-state index < -0.39 is 0 Å². The first kappa shape index (κ1) is 30.7. The Morgan fingerprint density at radius 3 is 1.07 bits per heavy atom. The van der Waals surface area contributed by atoms with Gasteiger partial charge in [0, 0.05) is 23.7 Å². The maximum absolute atomic E-state index is 10.9. The molecule has 4 nitrogen and oxygen atoms in total. The first-order chi connectivity index (χ1) is 20.8. The van der Waals surface area contributed by atoms with Gasteiger partial charge in [0.1, 0.15) is 23.0 Å². The third kappa shape index (κ3) is 6.16. The summed E-state index contributed by atoms with van der Waals surface area (Å²) >= 11 is 0. The van der Waals surface area contributed by atoms with E-state index in [9.17, 15) is 20.4 Å². The Labute approximate surface area is 260 Å². The third-order valence-corrected chi connectivity index (χ3v) is 9.19. The van der Waals surface area contributed by atoms with Crippen LogP contribution in [0, 0.1) is 13.8 Å². The molecule has 4 N–H and O–H groups in total. The topological polar surface area (TPSA) is 80.9 Å². The molecule has 0 amide bonds. The molecule has 44 heavy (non-hydrogen) atoms. The van der Waals surface area contributed by atoms with Crippen molar-refractivity contribution in [3.05, 3.63) is 153 Å². The maximum atomic E-state index is 10.9. The van der Waals surface area contributed by atoms with Crippen molar-refractivity contribution in [2.45, 2.75) is 65.2 Å². The number of hydrogen-bond donors (Lipinski definition) is 4. The summed E-state index contributed by atoms with van der Waals surface area (Å²) in [5.41, 5.74) is 9.44. The Hall–Kier alpha value is -4.70. The molecule has 5 aromatic rings. The highest BCUT2D eigenvalue weighted by molar-refractivity contribution is 5.53. The molecule has 0 saturated heterocycles. The molecule has 226 valence electrons. The lowest BCUT2D eigenvalue weighted by atomic mass is 9.73. The van der Waals surface area contributed by atoms with Crippen LogP contribution in [0.1, 0.15) is 83.3 Å². The van der Waals surface area contributed by atoms with Gasteiger partial charge in [-0.15, -0.1) is 0 Å². The van der Waals surface area contributed by atoms with Crippen molar-refractivity contribution in [2.75, 3.05) is 0 Å². The monoisotopic (exact) mass is 586 g/mol. The molecule has 0 fully saturated rings. The molecule has 4 heteroatoms. The molecule has 5 rings (SSSR count). The molecule has 0 bridgehead atoms. The van der Waals surface area contributed by atoms with Gasteiger partial charge >= 0.3 is 0 Å². The van der Waals surface area contributed by atoms with Crippen molar-refractivity contribution in [1.82, 2.24) is 0 Å². The summed E-state index contributed by atoms with van der Waals surface area (Å²) in [7, 11) is 0. The maximum Gasteiger partial charge on any atom is 0.122 e. The molecule has 0 spiro atoms. The van der Waals surface area contributed by atoms with Gasteiger partial charge in [0.25, 0.3) is 0 Å². The summed E-state index contributed by atoms with van der Waals surface area (Å²) in [5, 5.41) is 41.1. The van der Waals surface area contributed by atoms with E-state index in [2.05, 4.69) is 76.2 Å². The Kier molecular flexibility index (Phi) is 8.22. The summed E-state index contributed by atoms with van der Waals surface area (Å²) in [4.78, 5) is 0. The number of aromatic hydroxyl groups is 4. The molecule has 0 aromatic heterocycles. The second kappa shape index (κ2) is 11.8. The van der Waals surface area contributed by atoms with Crippen molar-refractivity contribution < 1.29 is 20.4 Å². The minimum absolute atomic E-state index is 0.228. The van der Waals surface area contributed by atoms with Crippen molar-refractivity contribution in [3.63, 3.8) is 0 Å². The van der Waals surface area contributed by atoms with E-state index in [4.69, 9.17) is 0 Å². The normalized spacial score (nSPS) is 12.0. The number of aryl methyl sites for hydroxylation is 2. The average Bonchev–Trinajstić information content (AvgIpc) is 2.99. The van der Waals surface area contributed by atoms with Crippen LogP contribution in [0.15, 0.2) is 97.1 Å². The molecule has 0 saturated carbocycles. The Balaban J connectivity index is 1.44. The van der Waals surface area contributed by atoms with Crippen molar-refractivity contribution >= 4 is 0 Å². The summed E-state index contributed by atoms with van der Waals surface area (Å²) in [6, 6.07) is 31.4. The molecule has 0 unspecified atom stereocenters. The SMILES string of the molecule is Cc1cc(C(C)(C)c2ccc(C(C)(C)c3cc(C)c(O)c(Cc4ccc(O)cc4)c3)cc2)cc(Cc2ccc(O)cc2)c1O. The minimum Gasteiger partial charge on any atom is -0.508 e. The highest BCUT2D eigenvalue weighted by Gasteiger charge is 2.28. The van der Waals surface area contributed by atoms with Gasteiger partial charge in [-0.1, -0.05) is 100 Å². The van der Waals surface area contributed by atoms with Gasteiger partial charge in [0.05, 0.1) is 0 Å². The van der Waals surface area contributed by atoms with Crippen LogP contribution in [0.4, 0.5) is 0 Å². The zero-order valence-electron chi connectivity index (χ0n) is 26.4. The van der Waals surface area contributed by atoms with Gasteiger partial charge in [0.2, 0.25) is 0 Å². The van der Waals surface area contributed by atoms with Crippen molar-refractivity contribution in [1.29, 1.82) is 0 Å². The summed E-state index contributed by atoms with van der Waals surface area (Å²) in [6.07, 6.45) is 1.15. The van der Waals surface area contributed by atoms with E-state index >= 15 is 0 Å². The minimum atomic E-state index is -0.308. The lowest BCUT2D eigenvalue weighted by Gasteiger charge is -2.31. The number of benzene rings is 5. The van der Waals surface area contributed by atoms with Crippen LogP contribution in [0.2, 0.25) is 0 Å². The number of hydrogen-bond acceptors (Lipinski definition) is 4. The van der Waals surface area contributed by atoms with Crippen LogP contribution in [0.5, 0.6) is 23.0 Å². The standard InChI is InChI=1S/C40H42O4/c1-25-19-33(23-29(37(25)43)21-27-7-15-35(41)16-8-27)39(3,4)31-11-13-32(14-12-31)40(5,6)34-20-26(2)38(44)30(24-34)22-28-9-17-36(42)18-10-28/h7-20,23-24,41-44H,21-22H2,1-6H3. The van der Waals surface area contributed by atoms with Gasteiger partial charge in [-0.05, 0) is 93.7 Å². The van der Waals surface area contributed by atoms with Crippen LogP contribution in [-0.4, -0.2) is 20.4 Å². The fourth-order valence-corrected chi connectivity index (χ4v) is 6.00. The molecule has 0 atom stereocenters. The zero-order chi connectivity index (χ0) is 31.8. The highest BCUT2D eigenvalue weighted by atomic mass is 16.3. The lowest BCUT2D eigenvalue weighted by Crippen LogP contribution is -2.22. The molecule has 0 aliphatic carbocycles. The van der Waals surface area contributed by atoms with E-state index in [0.717, 1.165) is 44.5 Å². The lowest BCUT2D eigenvalue weighted by molar-refractivity contribution is 0.463. The van der Waals surface area contributed by atoms with Crippen LogP contribution >= 0.6 is 0 Å². The van der Waals surface area contributed by atoms with Crippen LogP contribution < -0.4 is 0 Å². The number of rotatable bonds is 8. The van der Waals surface area contributed by atoms with Gasteiger partial charge in [-0.2, -0.15) is 0 Å². The van der Waals surface area contributed by atoms with Crippen molar-refractivity contribution in [2.24, 2.45) is 0 Å². The summed E-state index contributed by atoms with van der Waals surface area (Å²) in [5.74, 6) is 1.07. The van der Waals surface area contributed by atoms with Crippen LogP contribution in [0.3, 0.4) is 0 Å². The Morgan fingerprint density at radius 1 is 0.432 bits per heavy atom. The van der Waals surface area contributed by atoms with Gasteiger partial charge in [-0.3, -0.25) is 0 Å². The van der Waals surface area contributed by atoms with Crippen LogP contribution in [-0.2, 0) is 23.7 Å². The van der Waals surface area contributed by atoms with Crippen molar-refractivity contribution in [3.8, 4) is 23.0 Å². The second-order valence-electron chi connectivity index (χ2n) is 13.1. The van der Waals surface area contributed by atoms with Gasteiger partial charge in [0.15, 0.2) is 0 Å². The first-order valence-electron chi connectivity index (χ1n) is 15.1. The van der Waals surface area contributed by atoms with Gasteiger partial charge < -0.3 is 20.4 Å². The highest BCUT2D eigenvalue weighted by Crippen LogP contribution is 2.40. The average molecular weight is 587 g/mol. The Bertz CT molecular complexity index is 1640. The number of phenolic OH excluding ortho intramolecular Hbond substituents is 4. The van der Waals surface area contributed by atoms with E-state index in [1.807, 2.05) is 38.1 Å².